The molecule has 1 saturated carbocycles. The van der Waals surface area contributed by atoms with Crippen LogP contribution in [0.5, 0.6) is 0 Å². The lowest BCUT2D eigenvalue weighted by atomic mass is 9.89. The molecule has 1 aromatic carbocycles. The topological polar surface area (TPSA) is 145 Å². The van der Waals surface area contributed by atoms with Gasteiger partial charge in [-0.15, -0.1) is 11.8 Å². The van der Waals surface area contributed by atoms with Gasteiger partial charge in [-0.1, -0.05) is 37.5 Å². The minimum atomic E-state index is -3.98. The molecule has 1 aliphatic carbocycles. The minimum Gasteiger partial charge on any atom is -0.480 e. The van der Waals surface area contributed by atoms with E-state index in [0.717, 1.165) is 30.0 Å². The van der Waals surface area contributed by atoms with Gasteiger partial charge in [-0.3, -0.25) is 4.79 Å². The fourth-order valence-electron chi connectivity index (χ4n) is 4.45. The van der Waals surface area contributed by atoms with E-state index in [1.54, 1.807) is 32.0 Å². The van der Waals surface area contributed by atoms with E-state index in [9.17, 15) is 27.9 Å². The van der Waals surface area contributed by atoms with Crippen LogP contribution in [0.25, 0.3) is 0 Å². The van der Waals surface area contributed by atoms with Gasteiger partial charge in [0.2, 0.25) is 15.9 Å². The number of benzene rings is 1. The predicted molar refractivity (Wildman–Crippen MR) is 133 cm³/mol. The van der Waals surface area contributed by atoms with E-state index in [0.29, 0.717) is 12.5 Å². The number of carboxylic acid groups (broad SMARTS) is 1. The number of sulfonamides is 1. The van der Waals surface area contributed by atoms with E-state index in [1.165, 1.54) is 30.3 Å². The predicted octanol–water partition coefficient (Wildman–Crippen LogP) is 1.98. The van der Waals surface area contributed by atoms with Crippen molar-refractivity contribution in [2.24, 2.45) is 5.92 Å². The van der Waals surface area contributed by atoms with E-state index in [1.807, 2.05) is 0 Å². The zero-order valence-electron chi connectivity index (χ0n) is 20.0. The number of hydrogen-bond donors (Lipinski definition) is 4. The fraction of sp³-hybridized carbons (Fsp3) is 0.609. The molecule has 2 atom stereocenters. The molecule has 2 unspecified atom stereocenters. The number of rotatable bonds is 9. The molecule has 2 aliphatic rings. The maximum Gasteiger partial charge on any atom is 0.328 e. The minimum absolute atomic E-state index is 0.0574. The Balaban J connectivity index is 1.63. The van der Waals surface area contributed by atoms with Crippen LogP contribution >= 0.6 is 11.8 Å². The third-order valence-corrected chi connectivity index (χ3v) is 9.83. The van der Waals surface area contributed by atoms with Gasteiger partial charge >= 0.3 is 12.0 Å². The summed E-state index contributed by atoms with van der Waals surface area (Å²) >= 11 is 1.30. The number of nitrogens with one attached hydrogen (secondary N) is 3. The molecule has 0 spiro atoms. The average molecular weight is 527 g/mol. The Morgan fingerprint density at radius 2 is 1.77 bits per heavy atom. The Bertz CT molecular complexity index is 1010. The molecule has 194 valence electrons. The van der Waals surface area contributed by atoms with Crippen molar-refractivity contribution < 1.29 is 27.9 Å². The van der Waals surface area contributed by atoms with Crippen LogP contribution in [0.15, 0.2) is 35.2 Å². The molecule has 4 N–H and O–H groups in total. The average Bonchev–Trinajstić information content (AvgIpc) is 3.17. The smallest absolute Gasteiger partial charge is 0.328 e. The van der Waals surface area contributed by atoms with Crippen LogP contribution in [0.4, 0.5) is 4.79 Å². The Morgan fingerprint density at radius 1 is 1.11 bits per heavy atom. The van der Waals surface area contributed by atoms with Gasteiger partial charge < -0.3 is 21.1 Å². The molecule has 10 nitrogen and oxygen atoms in total. The lowest BCUT2D eigenvalue weighted by Gasteiger charge is -2.31. The van der Waals surface area contributed by atoms with Gasteiger partial charge in [0, 0.05) is 11.3 Å². The Morgan fingerprint density at radius 3 is 2.40 bits per heavy atom. The molecule has 1 heterocycles. The lowest BCUT2D eigenvalue weighted by Crippen LogP contribution is -2.58. The molecular weight excluding hydrogens is 492 g/mol. The SMILES string of the molecule is CC1(C)SCN(S(=O)(=O)c2ccccc2)C1C(=O)NC(CNC(=O)NCC1CCCCC1)C(=O)O. The molecule has 0 aromatic heterocycles. The number of amides is 3. The van der Waals surface area contributed by atoms with Gasteiger partial charge in [0.1, 0.15) is 12.1 Å². The van der Waals surface area contributed by atoms with Crippen LogP contribution in [0.1, 0.15) is 46.0 Å². The molecule has 2 fully saturated rings. The number of carbonyl (C=O) groups is 3. The van der Waals surface area contributed by atoms with Crippen LogP contribution in [-0.4, -0.2) is 71.5 Å². The highest BCUT2D eigenvalue weighted by Gasteiger charge is 2.51. The van der Waals surface area contributed by atoms with Gasteiger partial charge in [-0.25, -0.2) is 18.0 Å². The highest BCUT2D eigenvalue weighted by atomic mass is 32.2. The van der Waals surface area contributed by atoms with Crippen molar-refractivity contribution in [1.82, 2.24) is 20.3 Å². The molecule has 1 saturated heterocycles. The Labute approximate surface area is 210 Å². The van der Waals surface area contributed by atoms with Gasteiger partial charge in [0.05, 0.1) is 17.3 Å². The molecular formula is C23H34N4O6S2. The van der Waals surface area contributed by atoms with E-state index >= 15 is 0 Å². The first-order valence-corrected chi connectivity index (χ1v) is 14.2. The summed E-state index contributed by atoms with van der Waals surface area (Å²) in [6.45, 7) is 3.68. The second kappa shape index (κ2) is 11.6. The maximum atomic E-state index is 13.2. The summed E-state index contributed by atoms with van der Waals surface area (Å²) in [5.41, 5.74) is 0. The third-order valence-electron chi connectivity index (χ3n) is 6.47. The Hall–Kier alpha value is -2.31. The van der Waals surface area contributed by atoms with Crippen molar-refractivity contribution in [1.29, 1.82) is 0 Å². The summed E-state index contributed by atoms with van der Waals surface area (Å²) < 4.78 is 26.8. The molecule has 0 radical (unpaired) electrons. The molecule has 35 heavy (non-hydrogen) atoms. The molecule has 1 aliphatic heterocycles. The normalized spacial score (nSPS) is 21.7. The van der Waals surface area contributed by atoms with Gasteiger partial charge in [-0.2, -0.15) is 4.31 Å². The summed E-state index contributed by atoms with van der Waals surface area (Å²) in [4.78, 5) is 37.3. The van der Waals surface area contributed by atoms with Crippen molar-refractivity contribution in [2.45, 2.75) is 67.7 Å². The second-order valence-corrected chi connectivity index (χ2v) is 13.0. The number of carbonyl (C=O) groups excluding carboxylic acids is 2. The number of aliphatic carboxylic acids is 1. The highest BCUT2D eigenvalue weighted by Crippen LogP contribution is 2.42. The quantitative estimate of drug-likeness (QED) is 0.385. The van der Waals surface area contributed by atoms with Crippen LogP contribution < -0.4 is 16.0 Å². The Kier molecular flexibility index (Phi) is 9.05. The van der Waals surface area contributed by atoms with Gasteiger partial charge in [0.15, 0.2) is 0 Å². The number of carboxylic acids is 1. The molecule has 12 heteroatoms. The summed E-state index contributed by atoms with van der Waals surface area (Å²) in [6.07, 6.45) is 5.63. The van der Waals surface area contributed by atoms with Gasteiger partial charge in [0.25, 0.3) is 0 Å². The third kappa shape index (κ3) is 6.89. The van der Waals surface area contributed by atoms with E-state index < -0.39 is 44.8 Å². The zero-order valence-corrected chi connectivity index (χ0v) is 21.7. The van der Waals surface area contributed by atoms with Crippen LogP contribution in [0, 0.1) is 5.92 Å². The van der Waals surface area contributed by atoms with Crippen molar-refractivity contribution in [2.75, 3.05) is 19.0 Å². The van der Waals surface area contributed by atoms with Gasteiger partial charge in [-0.05, 0) is 44.7 Å². The number of hydrogen-bond acceptors (Lipinski definition) is 6. The highest BCUT2D eigenvalue weighted by molar-refractivity contribution is 8.02. The second-order valence-electron chi connectivity index (χ2n) is 9.48. The summed E-state index contributed by atoms with van der Waals surface area (Å²) in [6, 6.07) is 4.77. The number of urea groups is 1. The van der Waals surface area contributed by atoms with Crippen LogP contribution in [0.3, 0.4) is 0 Å². The number of nitrogens with zero attached hydrogens (tertiary/aromatic N) is 1. The molecule has 1 aromatic rings. The summed E-state index contributed by atoms with van der Waals surface area (Å²) in [5, 5.41) is 17.3. The van der Waals surface area contributed by atoms with E-state index in [2.05, 4.69) is 16.0 Å². The molecule has 0 bridgehead atoms. The molecule has 3 rings (SSSR count). The zero-order chi connectivity index (χ0) is 25.6. The van der Waals surface area contributed by atoms with E-state index in [4.69, 9.17) is 0 Å². The monoisotopic (exact) mass is 526 g/mol. The first-order valence-electron chi connectivity index (χ1n) is 11.8. The summed E-state index contributed by atoms with van der Waals surface area (Å²) in [7, 11) is -3.98. The van der Waals surface area contributed by atoms with E-state index in [-0.39, 0.29) is 17.3 Å². The van der Waals surface area contributed by atoms with Crippen LogP contribution in [0.2, 0.25) is 0 Å². The van der Waals surface area contributed by atoms with Crippen LogP contribution in [-0.2, 0) is 19.6 Å². The largest absolute Gasteiger partial charge is 0.480 e. The molecule has 3 amide bonds. The maximum absolute atomic E-state index is 13.2. The standard InChI is InChI=1S/C23H34N4O6S2/c1-23(2)19(27(15-34-23)35(32,33)17-11-7-4-8-12-17)20(28)26-18(21(29)30)14-25-22(31)24-13-16-9-5-3-6-10-16/h4,7-8,11-12,16,18-19H,3,5-6,9-10,13-15H2,1-2H3,(H,26,28)(H,29,30)(H2,24,25,31). The summed E-state index contributed by atoms with van der Waals surface area (Å²) in [5.74, 6) is -1.57. The van der Waals surface area contributed by atoms with Crippen molar-refractivity contribution in [3.8, 4) is 0 Å². The van der Waals surface area contributed by atoms with Crippen molar-refractivity contribution in [3.63, 3.8) is 0 Å². The van der Waals surface area contributed by atoms with Crippen molar-refractivity contribution in [3.05, 3.63) is 30.3 Å². The first kappa shape index (κ1) is 27.3. The number of thioether (sulfide) groups is 1. The lowest BCUT2D eigenvalue weighted by molar-refractivity contribution is -0.142. The fourth-order valence-corrected chi connectivity index (χ4v) is 7.64. The van der Waals surface area contributed by atoms with Crippen molar-refractivity contribution >= 4 is 39.7 Å². The first-order chi connectivity index (χ1) is 16.5.